The van der Waals surface area contributed by atoms with Crippen LogP contribution in [0.5, 0.6) is 0 Å². The van der Waals surface area contributed by atoms with Gasteiger partial charge in [0.15, 0.2) is 0 Å². The zero-order valence-corrected chi connectivity index (χ0v) is 7.29. The maximum absolute atomic E-state index is 11.5. The van der Waals surface area contributed by atoms with Gasteiger partial charge in [-0.1, -0.05) is 0 Å². The van der Waals surface area contributed by atoms with E-state index in [4.69, 9.17) is 4.74 Å². The van der Waals surface area contributed by atoms with Gasteiger partial charge in [0.05, 0.1) is 0 Å². The highest BCUT2D eigenvalue weighted by atomic mass is 16.5. The van der Waals surface area contributed by atoms with Crippen molar-refractivity contribution in [2.45, 2.75) is 19.3 Å². The third-order valence-corrected chi connectivity index (χ3v) is 2.70. The van der Waals surface area contributed by atoms with Gasteiger partial charge in [0.2, 0.25) is 5.91 Å². The lowest BCUT2D eigenvalue weighted by Crippen LogP contribution is -2.42. The van der Waals surface area contributed by atoms with Crippen LogP contribution in [-0.4, -0.2) is 37.1 Å². The van der Waals surface area contributed by atoms with Gasteiger partial charge in [0, 0.05) is 32.7 Å². The first-order chi connectivity index (χ1) is 5.86. The topological polar surface area (TPSA) is 29.5 Å². The minimum Gasteiger partial charge on any atom is -0.381 e. The Balaban J connectivity index is 1.73. The molecule has 2 rings (SSSR count). The van der Waals surface area contributed by atoms with Crippen LogP contribution < -0.4 is 0 Å². The molecule has 0 bridgehead atoms. The van der Waals surface area contributed by atoms with E-state index in [-0.39, 0.29) is 0 Å². The molecular formula is C9H15NO2. The largest absolute Gasteiger partial charge is 0.381 e. The number of rotatable bonds is 2. The van der Waals surface area contributed by atoms with Gasteiger partial charge in [0.25, 0.3) is 0 Å². The van der Waals surface area contributed by atoms with Gasteiger partial charge >= 0.3 is 0 Å². The molecule has 0 spiro atoms. The standard InChI is InChI=1S/C9H15NO2/c11-9(10-3-1-4-10)6-8-2-5-12-7-8/h8H,1-7H2/t8-/m1/s1. The Bertz CT molecular complexity index is 171. The summed E-state index contributed by atoms with van der Waals surface area (Å²) in [5, 5.41) is 0. The van der Waals surface area contributed by atoms with Crippen molar-refractivity contribution in [2.24, 2.45) is 5.92 Å². The quantitative estimate of drug-likeness (QED) is 0.607. The third-order valence-electron chi connectivity index (χ3n) is 2.70. The second-order valence-corrected chi connectivity index (χ2v) is 3.67. The number of carbonyl (C=O) groups is 1. The Kier molecular flexibility index (Phi) is 2.30. The van der Waals surface area contributed by atoms with Gasteiger partial charge in [-0.25, -0.2) is 0 Å². The molecule has 2 aliphatic rings. The van der Waals surface area contributed by atoms with Gasteiger partial charge in [-0.05, 0) is 18.8 Å². The Morgan fingerprint density at radius 3 is 2.83 bits per heavy atom. The summed E-state index contributed by atoms with van der Waals surface area (Å²) in [5.74, 6) is 0.829. The van der Waals surface area contributed by atoms with E-state index >= 15 is 0 Å². The van der Waals surface area contributed by atoms with Crippen molar-refractivity contribution >= 4 is 5.91 Å². The second-order valence-electron chi connectivity index (χ2n) is 3.67. The molecule has 1 amide bonds. The number of likely N-dealkylation sites (tertiary alicyclic amines) is 1. The van der Waals surface area contributed by atoms with Crippen LogP contribution in [0, 0.1) is 5.92 Å². The molecule has 0 unspecified atom stereocenters. The number of hydrogen-bond donors (Lipinski definition) is 0. The highest BCUT2D eigenvalue weighted by molar-refractivity contribution is 5.77. The van der Waals surface area contributed by atoms with Gasteiger partial charge in [0.1, 0.15) is 0 Å². The number of hydrogen-bond acceptors (Lipinski definition) is 2. The molecule has 2 saturated heterocycles. The van der Waals surface area contributed by atoms with Crippen LogP contribution in [0.25, 0.3) is 0 Å². The summed E-state index contributed by atoms with van der Waals surface area (Å²) in [6.07, 6.45) is 2.96. The lowest BCUT2D eigenvalue weighted by Gasteiger charge is -2.31. The summed E-state index contributed by atoms with van der Waals surface area (Å²) in [6, 6.07) is 0. The molecule has 2 fully saturated rings. The van der Waals surface area contributed by atoms with Gasteiger partial charge in [-0.3, -0.25) is 4.79 Å². The molecule has 3 heteroatoms. The maximum atomic E-state index is 11.5. The molecule has 3 nitrogen and oxygen atoms in total. The summed E-state index contributed by atoms with van der Waals surface area (Å²) in [7, 11) is 0. The van der Waals surface area contributed by atoms with Crippen LogP contribution in [0.1, 0.15) is 19.3 Å². The number of amides is 1. The van der Waals surface area contributed by atoms with Gasteiger partial charge < -0.3 is 9.64 Å². The molecule has 0 radical (unpaired) electrons. The van der Waals surface area contributed by atoms with Crippen LogP contribution in [0.2, 0.25) is 0 Å². The summed E-state index contributed by atoms with van der Waals surface area (Å²) >= 11 is 0. The van der Waals surface area contributed by atoms with Crippen molar-refractivity contribution in [3.63, 3.8) is 0 Å². The monoisotopic (exact) mass is 169 g/mol. The summed E-state index contributed by atoms with van der Waals surface area (Å²) in [4.78, 5) is 13.4. The predicted octanol–water partition coefficient (Wildman–Crippen LogP) is 0.645. The fourth-order valence-corrected chi connectivity index (χ4v) is 1.69. The molecule has 0 aliphatic carbocycles. The zero-order chi connectivity index (χ0) is 8.39. The van der Waals surface area contributed by atoms with Crippen molar-refractivity contribution in [3.8, 4) is 0 Å². The molecule has 0 N–H and O–H groups in total. The van der Waals surface area contributed by atoms with Crippen LogP contribution >= 0.6 is 0 Å². The van der Waals surface area contributed by atoms with E-state index in [2.05, 4.69) is 0 Å². The van der Waals surface area contributed by atoms with E-state index in [9.17, 15) is 4.79 Å². The fraction of sp³-hybridized carbons (Fsp3) is 0.889. The molecule has 68 valence electrons. The minimum atomic E-state index is 0.330. The van der Waals surface area contributed by atoms with Gasteiger partial charge in [-0.2, -0.15) is 0 Å². The van der Waals surface area contributed by atoms with Crippen LogP contribution in [0.4, 0.5) is 0 Å². The second kappa shape index (κ2) is 3.44. The molecule has 0 aromatic heterocycles. The Labute approximate surface area is 72.7 Å². The smallest absolute Gasteiger partial charge is 0.222 e. The van der Waals surface area contributed by atoms with E-state index in [1.165, 1.54) is 6.42 Å². The van der Waals surface area contributed by atoms with E-state index in [1.54, 1.807) is 0 Å². The van der Waals surface area contributed by atoms with Crippen molar-refractivity contribution in [1.29, 1.82) is 0 Å². The lowest BCUT2D eigenvalue weighted by molar-refractivity contribution is -0.135. The van der Waals surface area contributed by atoms with Crippen molar-refractivity contribution in [3.05, 3.63) is 0 Å². The number of ether oxygens (including phenoxy) is 1. The molecule has 0 saturated carbocycles. The van der Waals surface area contributed by atoms with E-state index in [1.807, 2.05) is 4.90 Å². The average molecular weight is 169 g/mol. The van der Waals surface area contributed by atoms with Crippen LogP contribution in [0.15, 0.2) is 0 Å². The first-order valence-corrected chi connectivity index (χ1v) is 4.72. The molecule has 0 aromatic rings. The SMILES string of the molecule is O=C(C[C@H]1CCOC1)N1CCC1. The summed E-state index contributed by atoms with van der Waals surface area (Å²) in [6.45, 7) is 3.59. The molecular weight excluding hydrogens is 154 g/mol. The van der Waals surface area contributed by atoms with Crippen molar-refractivity contribution < 1.29 is 9.53 Å². The fourth-order valence-electron chi connectivity index (χ4n) is 1.69. The molecule has 1 atom stereocenters. The van der Waals surface area contributed by atoms with E-state index < -0.39 is 0 Å². The Morgan fingerprint density at radius 2 is 2.33 bits per heavy atom. The predicted molar refractivity (Wildman–Crippen MR) is 44.7 cm³/mol. The van der Waals surface area contributed by atoms with Crippen molar-refractivity contribution in [2.75, 3.05) is 26.3 Å². The number of carbonyl (C=O) groups excluding carboxylic acids is 1. The normalized spacial score (nSPS) is 28.7. The highest BCUT2D eigenvalue weighted by Crippen LogP contribution is 2.19. The molecule has 2 heterocycles. The summed E-state index contributed by atoms with van der Waals surface area (Å²) in [5.41, 5.74) is 0. The maximum Gasteiger partial charge on any atom is 0.222 e. The molecule has 0 aromatic carbocycles. The first-order valence-electron chi connectivity index (χ1n) is 4.72. The Morgan fingerprint density at radius 1 is 1.50 bits per heavy atom. The third kappa shape index (κ3) is 1.61. The minimum absolute atomic E-state index is 0.330. The van der Waals surface area contributed by atoms with E-state index in [0.29, 0.717) is 18.2 Å². The van der Waals surface area contributed by atoms with Crippen LogP contribution in [0.3, 0.4) is 0 Å². The average Bonchev–Trinajstić information content (AvgIpc) is 2.34. The molecule has 2 aliphatic heterocycles. The first kappa shape index (κ1) is 8.05. The summed E-state index contributed by atoms with van der Waals surface area (Å²) < 4.78 is 5.22. The highest BCUT2D eigenvalue weighted by Gasteiger charge is 2.25. The lowest BCUT2D eigenvalue weighted by atomic mass is 10.0. The van der Waals surface area contributed by atoms with E-state index in [0.717, 1.165) is 32.7 Å². The van der Waals surface area contributed by atoms with Crippen molar-refractivity contribution in [1.82, 2.24) is 4.90 Å². The van der Waals surface area contributed by atoms with Gasteiger partial charge in [-0.15, -0.1) is 0 Å². The molecule has 12 heavy (non-hydrogen) atoms. The Hall–Kier alpha value is -0.570. The van der Waals surface area contributed by atoms with Crippen LogP contribution in [-0.2, 0) is 9.53 Å². The number of nitrogens with zero attached hydrogens (tertiary/aromatic N) is 1. The zero-order valence-electron chi connectivity index (χ0n) is 7.29.